The summed E-state index contributed by atoms with van der Waals surface area (Å²) in [6, 6.07) is 7.59. The molecule has 0 radical (unpaired) electrons. The van der Waals surface area contributed by atoms with Crippen molar-refractivity contribution in [2.45, 2.75) is 46.2 Å². The lowest BCUT2D eigenvalue weighted by atomic mass is 9.87. The largest absolute Gasteiger partial charge is 0.352 e. The molecule has 4 heteroatoms. The Morgan fingerprint density at radius 2 is 1.95 bits per heavy atom. The molecule has 0 aromatic heterocycles. The van der Waals surface area contributed by atoms with E-state index >= 15 is 0 Å². The molecule has 0 heterocycles. The van der Waals surface area contributed by atoms with Gasteiger partial charge in [-0.15, -0.1) is 0 Å². The molecule has 0 spiro atoms. The smallest absolute Gasteiger partial charge is 0.237 e. The summed E-state index contributed by atoms with van der Waals surface area (Å²) in [6.07, 6.45) is 0.782. The maximum Gasteiger partial charge on any atom is 0.237 e. The summed E-state index contributed by atoms with van der Waals surface area (Å²) < 4.78 is 1.07. The Balaban J connectivity index is 2.59. The lowest BCUT2D eigenvalue weighted by Crippen LogP contribution is -2.51. The van der Waals surface area contributed by atoms with Gasteiger partial charge >= 0.3 is 0 Å². The van der Waals surface area contributed by atoms with E-state index in [0.717, 1.165) is 10.9 Å². The van der Waals surface area contributed by atoms with Gasteiger partial charge < -0.3 is 11.1 Å². The first-order chi connectivity index (χ1) is 8.71. The molecule has 0 aliphatic carbocycles. The molecule has 1 amide bonds. The minimum atomic E-state index is -0.492. The van der Waals surface area contributed by atoms with Crippen molar-refractivity contribution in [3.05, 3.63) is 34.3 Å². The molecule has 0 bridgehead atoms. The van der Waals surface area contributed by atoms with Crippen molar-refractivity contribution in [1.82, 2.24) is 5.32 Å². The van der Waals surface area contributed by atoms with Gasteiger partial charge in [-0.2, -0.15) is 0 Å². The highest BCUT2D eigenvalue weighted by atomic mass is 79.9. The van der Waals surface area contributed by atoms with Crippen LogP contribution in [-0.4, -0.2) is 18.0 Å². The minimum absolute atomic E-state index is 0.0552. The van der Waals surface area contributed by atoms with Crippen molar-refractivity contribution in [3.63, 3.8) is 0 Å². The van der Waals surface area contributed by atoms with Gasteiger partial charge in [-0.05, 0) is 30.4 Å². The van der Waals surface area contributed by atoms with E-state index in [-0.39, 0.29) is 17.4 Å². The van der Waals surface area contributed by atoms with Crippen LogP contribution in [0.4, 0.5) is 0 Å². The average Bonchev–Trinajstić information content (AvgIpc) is 2.29. The summed E-state index contributed by atoms with van der Waals surface area (Å²) in [5.41, 5.74) is 6.90. The molecule has 19 heavy (non-hydrogen) atoms. The van der Waals surface area contributed by atoms with Gasteiger partial charge in [0.25, 0.3) is 0 Å². The van der Waals surface area contributed by atoms with Crippen LogP contribution < -0.4 is 11.1 Å². The monoisotopic (exact) mass is 326 g/mol. The van der Waals surface area contributed by atoms with E-state index in [4.69, 9.17) is 5.73 Å². The van der Waals surface area contributed by atoms with Gasteiger partial charge in [0.1, 0.15) is 0 Å². The second-order valence-corrected chi connectivity index (χ2v) is 6.90. The lowest BCUT2D eigenvalue weighted by molar-refractivity contribution is -0.125. The summed E-state index contributed by atoms with van der Waals surface area (Å²) in [7, 11) is 0. The lowest BCUT2D eigenvalue weighted by Gasteiger charge is -2.27. The Bertz CT molecular complexity index is 440. The molecule has 0 aliphatic heterocycles. The number of amides is 1. The van der Waals surface area contributed by atoms with Crippen molar-refractivity contribution in [2.75, 3.05) is 0 Å². The number of hydrogen-bond acceptors (Lipinski definition) is 2. The Kier molecular flexibility index (Phi) is 5.56. The van der Waals surface area contributed by atoms with E-state index in [1.54, 1.807) is 0 Å². The van der Waals surface area contributed by atoms with Gasteiger partial charge in [-0.1, -0.05) is 54.9 Å². The highest BCUT2D eigenvalue weighted by molar-refractivity contribution is 9.10. The quantitative estimate of drug-likeness (QED) is 0.893. The zero-order valence-electron chi connectivity index (χ0n) is 12.0. The van der Waals surface area contributed by atoms with Crippen molar-refractivity contribution in [2.24, 2.45) is 11.1 Å². The van der Waals surface area contributed by atoms with E-state index in [2.05, 4.69) is 27.3 Å². The van der Waals surface area contributed by atoms with Gasteiger partial charge in [0.05, 0.1) is 6.04 Å². The van der Waals surface area contributed by atoms with Crippen LogP contribution >= 0.6 is 15.9 Å². The van der Waals surface area contributed by atoms with Crippen LogP contribution in [0.2, 0.25) is 0 Å². The van der Waals surface area contributed by atoms with Crippen LogP contribution in [0.1, 0.15) is 33.3 Å². The minimum Gasteiger partial charge on any atom is -0.352 e. The fourth-order valence-electron chi connectivity index (χ4n) is 1.77. The Hall–Kier alpha value is -0.870. The third-order valence-corrected chi connectivity index (χ3v) is 3.86. The molecule has 106 valence electrons. The molecule has 1 rings (SSSR count). The van der Waals surface area contributed by atoms with E-state index in [0.29, 0.717) is 0 Å². The summed E-state index contributed by atoms with van der Waals surface area (Å²) in [5.74, 6) is -0.0907. The number of hydrogen-bond donors (Lipinski definition) is 2. The molecule has 1 aromatic carbocycles. The first kappa shape index (κ1) is 16.2. The Labute approximate surface area is 124 Å². The maximum absolute atomic E-state index is 12.0. The van der Waals surface area contributed by atoms with Crippen LogP contribution in [0.25, 0.3) is 0 Å². The number of nitrogens with two attached hydrogens (primary N) is 1. The molecule has 1 aromatic rings. The van der Waals surface area contributed by atoms with Crippen LogP contribution in [0.5, 0.6) is 0 Å². The topological polar surface area (TPSA) is 55.1 Å². The van der Waals surface area contributed by atoms with Crippen LogP contribution in [-0.2, 0) is 11.2 Å². The van der Waals surface area contributed by atoms with Crippen molar-refractivity contribution < 1.29 is 4.79 Å². The third-order valence-electron chi connectivity index (χ3n) is 3.09. The SMILES string of the molecule is CC(Cc1ccccc1Br)NC(=O)[C@@H](N)C(C)(C)C. The first-order valence-corrected chi connectivity index (χ1v) is 7.30. The highest BCUT2D eigenvalue weighted by Crippen LogP contribution is 2.19. The van der Waals surface area contributed by atoms with Gasteiger partial charge in [-0.3, -0.25) is 4.79 Å². The average molecular weight is 327 g/mol. The number of carbonyl (C=O) groups is 1. The third kappa shape index (κ3) is 4.96. The van der Waals surface area contributed by atoms with E-state index < -0.39 is 6.04 Å². The molecule has 0 fully saturated rings. The second-order valence-electron chi connectivity index (χ2n) is 6.05. The van der Waals surface area contributed by atoms with Crippen molar-refractivity contribution >= 4 is 21.8 Å². The maximum atomic E-state index is 12.0. The van der Waals surface area contributed by atoms with Crippen LogP contribution in [0, 0.1) is 5.41 Å². The van der Waals surface area contributed by atoms with Crippen molar-refractivity contribution in [3.8, 4) is 0 Å². The fourth-order valence-corrected chi connectivity index (χ4v) is 2.22. The summed E-state index contributed by atoms with van der Waals surface area (Å²) >= 11 is 3.51. The summed E-state index contributed by atoms with van der Waals surface area (Å²) in [6.45, 7) is 7.90. The molecule has 2 atom stereocenters. The predicted molar refractivity (Wildman–Crippen MR) is 82.9 cm³/mol. The van der Waals surface area contributed by atoms with E-state index in [9.17, 15) is 4.79 Å². The molecule has 1 unspecified atom stereocenters. The summed E-state index contributed by atoms with van der Waals surface area (Å²) in [5, 5.41) is 2.98. The number of halogens is 1. The van der Waals surface area contributed by atoms with E-state index in [1.807, 2.05) is 45.9 Å². The number of rotatable bonds is 4. The molecule has 3 nitrogen and oxygen atoms in total. The van der Waals surface area contributed by atoms with Crippen molar-refractivity contribution in [1.29, 1.82) is 0 Å². The molecular weight excluding hydrogens is 304 g/mol. The Morgan fingerprint density at radius 3 is 2.47 bits per heavy atom. The standard InChI is InChI=1S/C15H23BrN2O/c1-10(9-11-7-5-6-8-12(11)16)18-14(19)13(17)15(2,3)4/h5-8,10,13H,9,17H2,1-4H3,(H,18,19)/t10?,13-/m1/s1. The van der Waals surface area contributed by atoms with Crippen LogP contribution in [0.15, 0.2) is 28.7 Å². The molecular formula is C15H23BrN2O. The molecule has 3 N–H and O–H groups in total. The summed E-state index contributed by atoms with van der Waals surface area (Å²) in [4.78, 5) is 12.0. The second kappa shape index (κ2) is 6.53. The highest BCUT2D eigenvalue weighted by Gasteiger charge is 2.28. The van der Waals surface area contributed by atoms with Gasteiger partial charge in [-0.25, -0.2) is 0 Å². The van der Waals surface area contributed by atoms with Gasteiger partial charge in [0.2, 0.25) is 5.91 Å². The normalized spacial score (nSPS) is 14.8. The Morgan fingerprint density at radius 1 is 1.37 bits per heavy atom. The molecule has 0 saturated carbocycles. The van der Waals surface area contributed by atoms with E-state index in [1.165, 1.54) is 5.56 Å². The van der Waals surface area contributed by atoms with Crippen LogP contribution in [0.3, 0.4) is 0 Å². The zero-order valence-corrected chi connectivity index (χ0v) is 13.6. The van der Waals surface area contributed by atoms with Gasteiger partial charge in [0, 0.05) is 10.5 Å². The zero-order chi connectivity index (χ0) is 14.6. The number of benzene rings is 1. The number of nitrogens with one attached hydrogen (secondary N) is 1. The fraction of sp³-hybridized carbons (Fsp3) is 0.533. The van der Waals surface area contributed by atoms with Gasteiger partial charge in [0.15, 0.2) is 0 Å². The number of carbonyl (C=O) groups excluding carboxylic acids is 1. The predicted octanol–water partition coefficient (Wildman–Crippen LogP) is 2.87. The first-order valence-electron chi connectivity index (χ1n) is 6.51. The molecule has 0 saturated heterocycles. The molecule has 0 aliphatic rings.